The lowest BCUT2D eigenvalue weighted by Crippen LogP contribution is -1.80. The van der Waals surface area contributed by atoms with Crippen molar-refractivity contribution in [1.29, 1.82) is 0 Å². The van der Waals surface area contributed by atoms with Crippen molar-refractivity contribution in [3.05, 3.63) is 30.7 Å². The summed E-state index contributed by atoms with van der Waals surface area (Å²) in [6, 6.07) is 5.62. The maximum Gasteiger partial charge on any atom is 0.278 e. The van der Waals surface area contributed by atoms with Crippen molar-refractivity contribution < 1.29 is 4.42 Å². The molecule has 1 heterocycles. The van der Waals surface area contributed by atoms with Crippen molar-refractivity contribution >= 4 is 56.8 Å². The zero-order valence-electron chi connectivity index (χ0n) is 6.67. The van der Waals surface area contributed by atoms with Crippen LogP contribution in [0.5, 0.6) is 0 Å². The molecule has 0 aliphatic rings. The van der Waals surface area contributed by atoms with E-state index in [1.54, 1.807) is 0 Å². The fraction of sp³-hybridized carbons (Fsp3) is 0. The van der Waals surface area contributed by atoms with Crippen LogP contribution in [0.2, 0.25) is 5.02 Å². The summed E-state index contributed by atoms with van der Waals surface area (Å²) in [6.07, 6.45) is 0. The van der Waals surface area contributed by atoms with Gasteiger partial charge in [-0.3, -0.25) is 0 Å². The Labute approximate surface area is 113 Å². The van der Waals surface area contributed by atoms with Crippen LogP contribution in [0, 0.1) is 7.47 Å². The molecule has 6 heteroatoms. The Bertz CT molecular complexity index is 472. The highest BCUT2D eigenvalue weighted by Crippen LogP contribution is 2.25. The fourth-order valence-electron chi connectivity index (χ4n) is 0.951. The fourth-order valence-corrected chi connectivity index (χ4v) is 1.78. The van der Waals surface area contributed by atoms with Gasteiger partial charge in [-0.1, -0.05) is 11.6 Å². The highest BCUT2D eigenvalue weighted by atomic mass is 127. The molecule has 0 atom stereocenters. The molecule has 1 aromatic heterocycles. The number of benzene rings is 1. The maximum absolute atomic E-state index is 5.97. The molecule has 0 saturated carbocycles. The summed E-state index contributed by atoms with van der Waals surface area (Å²) in [5.74, 6) is 0.493. The zero-order valence-corrected chi connectivity index (χ0v) is 11.7. The Morgan fingerprint density at radius 1 is 1.21 bits per heavy atom. The Morgan fingerprint density at radius 2 is 2.00 bits per heavy atom. The van der Waals surface area contributed by atoms with Crippen LogP contribution in [0.1, 0.15) is 0 Å². The number of aromatic nitrogens is 2. The van der Waals surface area contributed by atoms with Gasteiger partial charge in [0.25, 0.3) is 3.90 Å². The van der Waals surface area contributed by atoms with Gasteiger partial charge in [0.1, 0.15) is 0 Å². The zero-order chi connectivity index (χ0) is 10.1. The van der Waals surface area contributed by atoms with E-state index in [9.17, 15) is 0 Å². The first-order valence-corrected chi connectivity index (χ1v) is 6.15. The number of rotatable bonds is 1. The lowest BCUT2D eigenvalue weighted by Gasteiger charge is -1.97. The first-order valence-electron chi connectivity index (χ1n) is 3.61. The van der Waals surface area contributed by atoms with Gasteiger partial charge in [0.05, 0.1) is 5.02 Å². The monoisotopic (exact) mass is 432 g/mol. The summed E-state index contributed by atoms with van der Waals surface area (Å²) < 4.78 is 6.79. The molecule has 0 aliphatic carbocycles. The molecule has 2 rings (SSSR count). The average Bonchev–Trinajstić information content (AvgIpc) is 2.57. The molecule has 2 aromatic rings. The summed E-state index contributed by atoms with van der Waals surface area (Å²) in [5, 5.41) is 8.33. The molecule has 0 bridgehead atoms. The standard InChI is InChI=1S/C8H3ClI2N2O/c9-5-3-4(1-2-6(5)10)7-12-13-8(11)14-7/h1-3H. The molecule has 3 nitrogen and oxygen atoms in total. The van der Waals surface area contributed by atoms with Crippen LogP contribution in [0.3, 0.4) is 0 Å². The van der Waals surface area contributed by atoms with Gasteiger partial charge >= 0.3 is 0 Å². The molecule has 0 N–H and O–H groups in total. The molecule has 0 aliphatic heterocycles. The van der Waals surface area contributed by atoms with Crippen LogP contribution in [-0.4, -0.2) is 10.2 Å². The SMILES string of the molecule is Clc1cc(-c2nnc(I)o2)ccc1I. The van der Waals surface area contributed by atoms with Crippen LogP contribution in [0.15, 0.2) is 22.6 Å². The van der Waals surface area contributed by atoms with Crippen LogP contribution >= 0.6 is 56.8 Å². The third-order valence-electron chi connectivity index (χ3n) is 1.57. The predicted octanol–water partition coefficient (Wildman–Crippen LogP) is 3.60. The molecule has 0 amide bonds. The van der Waals surface area contributed by atoms with Gasteiger partial charge in [0, 0.05) is 31.7 Å². The second-order valence-electron chi connectivity index (χ2n) is 2.49. The van der Waals surface area contributed by atoms with E-state index in [0.717, 1.165) is 9.13 Å². The van der Waals surface area contributed by atoms with Crippen molar-refractivity contribution in [2.45, 2.75) is 0 Å². The molecular formula is C8H3ClI2N2O. The first-order chi connectivity index (χ1) is 6.66. The van der Waals surface area contributed by atoms with Crippen molar-refractivity contribution in [2.24, 2.45) is 0 Å². The third-order valence-corrected chi connectivity index (χ3v) is 3.58. The van der Waals surface area contributed by atoms with E-state index in [0.29, 0.717) is 14.8 Å². The van der Waals surface area contributed by atoms with Crippen LogP contribution in [0.25, 0.3) is 11.5 Å². The molecular weight excluding hydrogens is 429 g/mol. The van der Waals surface area contributed by atoms with E-state index in [1.807, 2.05) is 40.8 Å². The molecule has 0 fully saturated rings. The Balaban J connectivity index is 2.47. The summed E-state index contributed by atoms with van der Waals surface area (Å²) in [7, 11) is 0. The smallest absolute Gasteiger partial charge is 0.278 e. The van der Waals surface area contributed by atoms with Crippen LogP contribution < -0.4 is 0 Å². The minimum absolute atomic E-state index is 0.493. The molecule has 0 saturated heterocycles. The molecule has 0 radical (unpaired) electrons. The van der Waals surface area contributed by atoms with Gasteiger partial charge in [-0.25, -0.2) is 0 Å². The van der Waals surface area contributed by atoms with Crippen LogP contribution in [0.4, 0.5) is 0 Å². The minimum Gasteiger partial charge on any atom is -0.412 e. The van der Waals surface area contributed by atoms with Gasteiger partial charge in [0.15, 0.2) is 0 Å². The highest BCUT2D eigenvalue weighted by molar-refractivity contribution is 14.1. The average molecular weight is 432 g/mol. The minimum atomic E-state index is 0.493. The van der Waals surface area contributed by atoms with E-state index in [2.05, 4.69) is 32.8 Å². The Morgan fingerprint density at radius 3 is 2.57 bits per heavy atom. The molecule has 0 spiro atoms. The van der Waals surface area contributed by atoms with E-state index >= 15 is 0 Å². The molecule has 14 heavy (non-hydrogen) atoms. The lowest BCUT2D eigenvalue weighted by molar-refractivity contribution is 0.537. The number of hydrogen-bond acceptors (Lipinski definition) is 3. The topological polar surface area (TPSA) is 38.9 Å². The second kappa shape index (κ2) is 4.31. The van der Waals surface area contributed by atoms with Gasteiger partial charge in [0.2, 0.25) is 5.89 Å². The van der Waals surface area contributed by atoms with E-state index in [4.69, 9.17) is 16.0 Å². The lowest BCUT2D eigenvalue weighted by atomic mass is 10.2. The Hall–Kier alpha value is 0.110. The van der Waals surface area contributed by atoms with E-state index in [1.165, 1.54) is 0 Å². The van der Waals surface area contributed by atoms with Gasteiger partial charge in [-0.15, -0.1) is 10.2 Å². The molecule has 0 unspecified atom stereocenters. The quantitative estimate of drug-likeness (QED) is 0.647. The van der Waals surface area contributed by atoms with Crippen LogP contribution in [-0.2, 0) is 0 Å². The van der Waals surface area contributed by atoms with Crippen molar-refractivity contribution in [3.63, 3.8) is 0 Å². The summed E-state index contributed by atoms with van der Waals surface area (Å²) in [5.41, 5.74) is 0.839. The van der Waals surface area contributed by atoms with Crippen molar-refractivity contribution in [3.8, 4) is 11.5 Å². The summed E-state index contributed by atoms with van der Waals surface area (Å²) in [4.78, 5) is 0. The number of halogens is 3. The van der Waals surface area contributed by atoms with Crippen molar-refractivity contribution in [1.82, 2.24) is 10.2 Å². The van der Waals surface area contributed by atoms with E-state index in [-0.39, 0.29) is 0 Å². The second-order valence-corrected chi connectivity index (χ2v) is 4.98. The van der Waals surface area contributed by atoms with Gasteiger partial charge < -0.3 is 4.42 Å². The van der Waals surface area contributed by atoms with Gasteiger partial charge in [-0.05, 0) is 40.8 Å². The van der Waals surface area contributed by atoms with Crippen molar-refractivity contribution in [2.75, 3.05) is 0 Å². The first kappa shape index (κ1) is 10.6. The summed E-state index contributed by atoms with van der Waals surface area (Å²) in [6.45, 7) is 0. The third kappa shape index (κ3) is 2.19. The summed E-state index contributed by atoms with van der Waals surface area (Å²) >= 11 is 10.1. The number of nitrogens with zero attached hydrogens (tertiary/aromatic N) is 2. The maximum atomic E-state index is 5.97. The normalized spacial score (nSPS) is 10.5. The largest absolute Gasteiger partial charge is 0.412 e. The predicted molar refractivity (Wildman–Crippen MR) is 70.2 cm³/mol. The highest BCUT2D eigenvalue weighted by Gasteiger charge is 2.07. The van der Waals surface area contributed by atoms with Gasteiger partial charge in [-0.2, -0.15) is 0 Å². The number of hydrogen-bond donors (Lipinski definition) is 0. The Kier molecular flexibility index (Phi) is 3.27. The molecule has 72 valence electrons. The molecule has 1 aromatic carbocycles. The van der Waals surface area contributed by atoms with E-state index < -0.39 is 0 Å².